The van der Waals surface area contributed by atoms with Crippen LogP contribution in [0.5, 0.6) is 0 Å². The van der Waals surface area contributed by atoms with Crippen LogP contribution in [0.15, 0.2) is 0 Å². The maximum Gasteiger partial charge on any atom is 0.308 e. The molecule has 17 heavy (non-hydrogen) atoms. The molecule has 0 aliphatic heterocycles. The van der Waals surface area contributed by atoms with Gasteiger partial charge in [0.25, 0.3) is 0 Å². The van der Waals surface area contributed by atoms with Gasteiger partial charge < -0.3 is 9.47 Å². The summed E-state index contributed by atoms with van der Waals surface area (Å²) in [5, 5.41) is 0. The SMILES string of the molecule is CC(C)C(=O)OCCCF.COC(=O)C(C)C. The summed E-state index contributed by atoms with van der Waals surface area (Å²) in [6.45, 7) is 6.87. The van der Waals surface area contributed by atoms with E-state index in [1.807, 2.05) is 0 Å². The summed E-state index contributed by atoms with van der Waals surface area (Å²) in [7, 11) is 1.39. The van der Waals surface area contributed by atoms with Crippen molar-refractivity contribution in [3.63, 3.8) is 0 Å². The largest absolute Gasteiger partial charge is 0.469 e. The Bertz CT molecular complexity index is 215. The van der Waals surface area contributed by atoms with Crippen molar-refractivity contribution >= 4 is 11.9 Å². The first-order valence-electron chi connectivity index (χ1n) is 5.67. The molecule has 0 atom stereocenters. The lowest BCUT2D eigenvalue weighted by Gasteiger charge is -2.04. The zero-order chi connectivity index (χ0) is 13.8. The maximum absolute atomic E-state index is 11.5. The zero-order valence-corrected chi connectivity index (χ0v) is 11.3. The number of esters is 2. The van der Waals surface area contributed by atoms with E-state index in [-0.39, 0.29) is 30.4 Å². The van der Waals surface area contributed by atoms with Gasteiger partial charge in [0.2, 0.25) is 0 Å². The van der Waals surface area contributed by atoms with Gasteiger partial charge in [-0.05, 0) is 0 Å². The number of hydrogen-bond donors (Lipinski definition) is 0. The number of carbonyl (C=O) groups is 2. The summed E-state index contributed by atoms with van der Waals surface area (Å²) in [5.41, 5.74) is 0. The second-order valence-electron chi connectivity index (χ2n) is 4.04. The van der Waals surface area contributed by atoms with Crippen LogP contribution in [0.2, 0.25) is 0 Å². The molecular weight excluding hydrogens is 227 g/mol. The number of ether oxygens (including phenoxy) is 2. The van der Waals surface area contributed by atoms with Gasteiger partial charge in [-0.15, -0.1) is 0 Å². The van der Waals surface area contributed by atoms with E-state index < -0.39 is 6.67 Å². The summed E-state index contributed by atoms with van der Waals surface area (Å²) in [4.78, 5) is 21.0. The van der Waals surface area contributed by atoms with E-state index >= 15 is 0 Å². The standard InChI is InChI=1S/C7H13FO2.C5H10O2/c1-6(2)7(9)10-5-3-4-8;1-4(2)5(6)7-3/h6H,3-5H2,1-2H3;4H,1-3H3. The van der Waals surface area contributed by atoms with E-state index in [0.29, 0.717) is 6.42 Å². The Kier molecular flexibility index (Phi) is 12.2. The first-order valence-corrected chi connectivity index (χ1v) is 5.67. The lowest BCUT2D eigenvalue weighted by atomic mass is 10.2. The Labute approximate surface area is 102 Å². The number of rotatable bonds is 5. The molecule has 0 N–H and O–H groups in total. The number of hydrogen-bond acceptors (Lipinski definition) is 4. The fraction of sp³-hybridized carbons (Fsp3) is 0.833. The van der Waals surface area contributed by atoms with Crippen molar-refractivity contribution in [3.8, 4) is 0 Å². The molecule has 4 nitrogen and oxygen atoms in total. The fourth-order valence-electron chi connectivity index (χ4n) is 0.630. The van der Waals surface area contributed by atoms with Gasteiger partial charge in [-0.2, -0.15) is 0 Å². The molecule has 0 saturated carbocycles. The van der Waals surface area contributed by atoms with Gasteiger partial charge in [-0.1, -0.05) is 27.7 Å². The monoisotopic (exact) mass is 250 g/mol. The predicted molar refractivity (Wildman–Crippen MR) is 63.2 cm³/mol. The average molecular weight is 250 g/mol. The first-order chi connectivity index (χ1) is 7.86. The van der Waals surface area contributed by atoms with Gasteiger partial charge in [0.15, 0.2) is 0 Å². The van der Waals surface area contributed by atoms with E-state index in [0.717, 1.165) is 0 Å². The minimum absolute atomic E-state index is 0.00463. The summed E-state index contributed by atoms with van der Waals surface area (Å²) in [6, 6.07) is 0. The average Bonchev–Trinajstić information content (AvgIpc) is 2.28. The van der Waals surface area contributed by atoms with Gasteiger partial charge >= 0.3 is 11.9 Å². The highest BCUT2D eigenvalue weighted by atomic mass is 19.1. The Balaban J connectivity index is 0. The molecule has 0 unspecified atom stereocenters. The van der Waals surface area contributed by atoms with Gasteiger partial charge in [-0.25, -0.2) is 0 Å². The quantitative estimate of drug-likeness (QED) is 0.555. The predicted octanol–water partition coefficient (Wildman–Crippen LogP) is 2.36. The smallest absolute Gasteiger partial charge is 0.308 e. The summed E-state index contributed by atoms with van der Waals surface area (Å²) in [5.74, 6) is -0.516. The van der Waals surface area contributed by atoms with E-state index in [4.69, 9.17) is 0 Å². The Morgan fingerprint density at radius 3 is 1.76 bits per heavy atom. The van der Waals surface area contributed by atoms with E-state index in [1.54, 1.807) is 27.7 Å². The summed E-state index contributed by atoms with van der Waals surface area (Å²) < 4.78 is 20.5. The van der Waals surface area contributed by atoms with Gasteiger partial charge in [-0.3, -0.25) is 14.0 Å². The van der Waals surface area contributed by atoms with Crippen LogP contribution in [-0.2, 0) is 19.1 Å². The van der Waals surface area contributed by atoms with Crippen LogP contribution in [0.4, 0.5) is 4.39 Å². The van der Waals surface area contributed by atoms with Crippen LogP contribution in [0, 0.1) is 11.8 Å². The van der Waals surface area contributed by atoms with Crippen molar-refractivity contribution in [2.24, 2.45) is 11.8 Å². The van der Waals surface area contributed by atoms with Gasteiger partial charge in [0.05, 0.1) is 32.2 Å². The highest BCUT2D eigenvalue weighted by molar-refractivity contribution is 5.71. The molecule has 0 bridgehead atoms. The number of methoxy groups -OCH3 is 1. The normalized spacial score (nSPS) is 9.65. The fourth-order valence-corrected chi connectivity index (χ4v) is 0.630. The third kappa shape index (κ3) is 12.8. The van der Waals surface area contributed by atoms with E-state index in [1.165, 1.54) is 7.11 Å². The van der Waals surface area contributed by atoms with E-state index in [2.05, 4.69) is 9.47 Å². The Hall–Kier alpha value is -1.13. The van der Waals surface area contributed by atoms with E-state index in [9.17, 15) is 14.0 Å². The number of carbonyl (C=O) groups excluding carboxylic acids is 2. The second kappa shape index (κ2) is 11.4. The van der Waals surface area contributed by atoms with Crippen LogP contribution >= 0.6 is 0 Å². The lowest BCUT2D eigenvalue weighted by Crippen LogP contribution is -2.12. The van der Waals surface area contributed by atoms with Crippen molar-refractivity contribution in [3.05, 3.63) is 0 Å². The molecule has 0 aromatic rings. The minimum Gasteiger partial charge on any atom is -0.469 e. The first kappa shape index (κ1) is 18.2. The lowest BCUT2D eigenvalue weighted by molar-refractivity contribution is -0.147. The molecule has 102 valence electrons. The number of halogens is 1. The summed E-state index contributed by atoms with van der Waals surface area (Å²) in [6.07, 6.45) is 0.304. The highest BCUT2D eigenvalue weighted by Crippen LogP contribution is 1.96. The molecule has 0 spiro atoms. The Morgan fingerprint density at radius 1 is 1.06 bits per heavy atom. The molecule has 0 amide bonds. The van der Waals surface area contributed by atoms with Crippen molar-refractivity contribution in [1.82, 2.24) is 0 Å². The van der Waals surface area contributed by atoms with Crippen molar-refractivity contribution in [1.29, 1.82) is 0 Å². The molecule has 0 saturated heterocycles. The molecular formula is C12H23FO4. The van der Waals surface area contributed by atoms with Crippen molar-refractivity contribution in [2.75, 3.05) is 20.4 Å². The van der Waals surface area contributed by atoms with Crippen LogP contribution in [0.25, 0.3) is 0 Å². The van der Waals surface area contributed by atoms with Crippen LogP contribution in [-0.4, -0.2) is 32.3 Å². The topological polar surface area (TPSA) is 52.6 Å². The molecule has 0 aromatic heterocycles. The van der Waals surface area contributed by atoms with Crippen molar-refractivity contribution < 1.29 is 23.5 Å². The molecule has 0 aliphatic carbocycles. The number of alkyl halides is 1. The zero-order valence-electron chi connectivity index (χ0n) is 11.3. The Morgan fingerprint density at radius 2 is 1.53 bits per heavy atom. The second-order valence-corrected chi connectivity index (χ2v) is 4.04. The highest BCUT2D eigenvalue weighted by Gasteiger charge is 2.06. The third-order valence-corrected chi connectivity index (χ3v) is 1.67. The third-order valence-electron chi connectivity index (χ3n) is 1.67. The van der Waals surface area contributed by atoms with Gasteiger partial charge in [0.1, 0.15) is 0 Å². The van der Waals surface area contributed by atoms with Crippen LogP contribution < -0.4 is 0 Å². The molecule has 0 aliphatic rings. The van der Waals surface area contributed by atoms with Crippen LogP contribution in [0.1, 0.15) is 34.1 Å². The molecule has 0 rings (SSSR count). The molecule has 0 fully saturated rings. The molecule has 0 aromatic carbocycles. The molecule has 5 heteroatoms. The molecule has 0 radical (unpaired) electrons. The van der Waals surface area contributed by atoms with Crippen LogP contribution in [0.3, 0.4) is 0 Å². The minimum atomic E-state index is -0.425. The van der Waals surface area contributed by atoms with Gasteiger partial charge in [0, 0.05) is 6.42 Å². The van der Waals surface area contributed by atoms with Crippen molar-refractivity contribution in [2.45, 2.75) is 34.1 Å². The molecule has 0 heterocycles. The summed E-state index contributed by atoms with van der Waals surface area (Å²) >= 11 is 0. The maximum atomic E-state index is 11.5.